The number of hydrogen-bond donors (Lipinski definition) is 3. The molecule has 1 fully saturated rings. The molecule has 2 aromatic carbocycles. The van der Waals surface area contributed by atoms with Gasteiger partial charge in [0.2, 0.25) is 0 Å². The summed E-state index contributed by atoms with van der Waals surface area (Å²) in [5, 5.41) is 6.23. The standard InChI is InChI=1S/C19H22FN3O3S.ClH/c1-13-12-21-10-9-17(13)22-19(24)14-5-4-6-15(11-14)27(25,26)23-18-8-3-2-7-16(18)20;/h2-8,11,13,17,21,23H,9-10,12H2,1H3,(H,22,24);1H. The van der Waals surface area contributed by atoms with Crippen LogP contribution in [0.25, 0.3) is 0 Å². The number of anilines is 1. The van der Waals surface area contributed by atoms with Crippen molar-refractivity contribution in [3.05, 3.63) is 59.9 Å². The molecular weight excluding hydrogens is 405 g/mol. The highest BCUT2D eigenvalue weighted by Crippen LogP contribution is 2.20. The summed E-state index contributed by atoms with van der Waals surface area (Å²) >= 11 is 0. The summed E-state index contributed by atoms with van der Waals surface area (Å²) in [5.74, 6) is -0.705. The van der Waals surface area contributed by atoms with Crippen molar-refractivity contribution in [2.45, 2.75) is 24.3 Å². The number of benzene rings is 2. The van der Waals surface area contributed by atoms with E-state index in [0.717, 1.165) is 19.5 Å². The van der Waals surface area contributed by atoms with Gasteiger partial charge in [0.15, 0.2) is 0 Å². The molecule has 1 amide bonds. The van der Waals surface area contributed by atoms with E-state index in [9.17, 15) is 17.6 Å². The van der Waals surface area contributed by atoms with Gasteiger partial charge < -0.3 is 10.6 Å². The molecule has 2 unspecified atom stereocenters. The Kier molecular flexibility index (Phi) is 7.40. The fourth-order valence-electron chi connectivity index (χ4n) is 3.03. The molecule has 0 aromatic heterocycles. The Morgan fingerprint density at radius 3 is 2.64 bits per heavy atom. The van der Waals surface area contributed by atoms with E-state index in [-0.39, 0.29) is 46.4 Å². The maximum absolute atomic E-state index is 13.7. The molecule has 0 radical (unpaired) electrons. The van der Waals surface area contributed by atoms with Gasteiger partial charge in [-0.25, -0.2) is 12.8 Å². The third kappa shape index (κ3) is 5.21. The van der Waals surface area contributed by atoms with Crippen LogP contribution < -0.4 is 15.4 Å². The molecule has 0 aliphatic carbocycles. The van der Waals surface area contributed by atoms with Crippen molar-refractivity contribution < 1.29 is 17.6 Å². The minimum Gasteiger partial charge on any atom is -0.349 e. The zero-order valence-electron chi connectivity index (χ0n) is 15.3. The van der Waals surface area contributed by atoms with Crippen LogP contribution in [0.2, 0.25) is 0 Å². The van der Waals surface area contributed by atoms with Crippen molar-refractivity contribution in [2.24, 2.45) is 5.92 Å². The molecule has 3 rings (SSSR count). The highest BCUT2D eigenvalue weighted by molar-refractivity contribution is 7.92. The summed E-state index contributed by atoms with van der Waals surface area (Å²) in [4.78, 5) is 12.4. The maximum atomic E-state index is 13.7. The Balaban J connectivity index is 0.00000280. The molecule has 28 heavy (non-hydrogen) atoms. The van der Waals surface area contributed by atoms with E-state index in [0.29, 0.717) is 0 Å². The van der Waals surface area contributed by atoms with Gasteiger partial charge in [-0.3, -0.25) is 9.52 Å². The van der Waals surface area contributed by atoms with Gasteiger partial charge in [0.25, 0.3) is 15.9 Å². The van der Waals surface area contributed by atoms with Crippen molar-refractivity contribution >= 4 is 34.0 Å². The Hall–Kier alpha value is -2.16. The van der Waals surface area contributed by atoms with E-state index < -0.39 is 15.8 Å². The van der Waals surface area contributed by atoms with Crippen LogP contribution in [-0.2, 0) is 10.0 Å². The first kappa shape index (κ1) is 22.1. The molecular formula is C19H23ClFN3O3S. The highest BCUT2D eigenvalue weighted by Gasteiger charge is 2.24. The lowest BCUT2D eigenvalue weighted by Crippen LogP contribution is -2.48. The van der Waals surface area contributed by atoms with E-state index in [1.54, 1.807) is 6.07 Å². The summed E-state index contributed by atoms with van der Waals surface area (Å²) in [6.45, 7) is 3.71. The number of carbonyl (C=O) groups is 1. The van der Waals surface area contributed by atoms with Crippen molar-refractivity contribution in [3.63, 3.8) is 0 Å². The SMILES string of the molecule is CC1CNCCC1NC(=O)c1cccc(S(=O)(=O)Nc2ccccc2F)c1.Cl. The lowest BCUT2D eigenvalue weighted by molar-refractivity contribution is 0.0914. The predicted octanol–water partition coefficient (Wildman–Crippen LogP) is 2.78. The molecule has 1 saturated heterocycles. The van der Waals surface area contributed by atoms with E-state index in [4.69, 9.17) is 0 Å². The molecule has 1 heterocycles. The summed E-state index contributed by atoms with van der Waals surface area (Å²) < 4.78 is 41.1. The second-order valence-corrected chi connectivity index (χ2v) is 8.35. The minimum atomic E-state index is -4.02. The van der Waals surface area contributed by atoms with Gasteiger partial charge in [0.05, 0.1) is 10.6 Å². The van der Waals surface area contributed by atoms with Gasteiger partial charge in [-0.15, -0.1) is 12.4 Å². The molecule has 6 nitrogen and oxygen atoms in total. The number of hydrogen-bond acceptors (Lipinski definition) is 4. The molecule has 0 bridgehead atoms. The van der Waals surface area contributed by atoms with Gasteiger partial charge in [0.1, 0.15) is 5.82 Å². The van der Waals surface area contributed by atoms with Crippen molar-refractivity contribution in [1.29, 1.82) is 0 Å². The van der Waals surface area contributed by atoms with Crippen LogP contribution in [0.4, 0.5) is 10.1 Å². The predicted molar refractivity (Wildman–Crippen MR) is 109 cm³/mol. The lowest BCUT2D eigenvalue weighted by atomic mass is 9.95. The Labute approximate surface area is 170 Å². The van der Waals surface area contributed by atoms with Crippen LogP contribution >= 0.6 is 12.4 Å². The third-order valence-corrected chi connectivity index (χ3v) is 5.99. The van der Waals surface area contributed by atoms with Gasteiger partial charge in [-0.1, -0.05) is 25.1 Å². The second kappa shape index (κ2) is 9.36. The number of para-hydroxylation sites is 1. The average molecular weight is 428 g/mol. The number of rotatable bonds is 5. The third-order valence-electron chi connectivity index (χ3n) is 4.63. The molecule has 9 heteroatoms. The smallest absolute Gasteiger partial charge is 0.262 e. The second-order valence-electron chi connectivity index (χ2n) is 6.66. The molecule has 1 aliphatic heterocycles. The van der Waals surface area contributed by atoms with Crippen LogP contribution in [0.15, 0.2) is 53.4 Å². The van der Waals surface area contributed by atoms with Crippen molar-refractivity contribution in [2.75, 3.05) is 17.8 Å². The Morgan fingerprint density at radius 1 is 1.18 bits per heavy atom. The normalized spacial score (nSPS) is 19.4. The van der Waals surface area contributed by atoms with Crippen LogP contribution in [-0.4, -0.2) is 33.5 Å². The van der Waals surface area contributed by atoms with Gasteiger partial charge in [0, 0.05) is 11.6 Å². The van der Waals surface area contributed by atoms with Crippen LogP contribution in [0.1, 0.15) is 23.7 Å². The molecule has 1 aliphatic rings. The first-order valence-corrected chi connectivity index (χ1v) is 10.2. The fourth-order valence-corrected chi connectivity index (χ4v) is 4.15. The minimum absolute atomic E-state index is 0. The number of piperidine rings is 1. The largest absolute Gasteiger partial charge is 0.349 e. The highest BCUT2D eigenvalue weighted by atomic mass is 35.5. The molecule has 3 N–H and O–H groups in total. The van der Waals surface area contributed by atoms with Crippen molar-refractivity contribution in [1.82, 2.24) is 10.6 Å². The Morgan fingerprint density at radius 2 is 1.93 bits per heavy atom. The lowest BCUT2D eigenvalue weighted by Gasteiger charge is -2.30. The van der Waals surface area contributed by atoms with Gasteiger partial charge in [-0.05, 0) is 55.8 Å². The maximum Gasteiger partial charge on any atom is 0.262 e. The summed E-state index contributed by atoms with van der Waals surface area (Å²) in [7, 11) is -4.02. The number of amides is 1. The topological polar surface area (TPSA) is 87.3 Å². The fraction of sp³-hybridized carbons (Fsp3) is 0.316. The molecule has 0 saturated carbocycles. The van der Waals surface area contributed by atoms with Crippen LogP contribution in [0, 0.1) is 11.7 Å². The van der Waals surface area contributed by atoms with E-state index in [2.05, 4.69) is 22.3 Å². The molecule has 2 atom stereocenters. The number of nitrogens with one attached hydrogen (secondary N) is 3. The van der Waals surface area contributed by atoms with E-state index in [1.165, 1.54) is 42.5 Å². The zero-order valence-corrected chi connectivity index (χ0v) is 16.9. The van der Waals surface area contributed by atoms with Crippen molar-refractivity contribution in [3.8, 4) is 0 Å². The quantitative estimate of drug-likeness (QED) is 0.684. The first-order chi connectivity index (χ1) is 12.9. The van der Waals surface area contributed by atoms with Crippen LogP contribution in [0.3, 0.4) is 0 Å². The van der Waals surface area contributed by atoms with Gasteiger partial charge in [-0.2, -0.15) is 0 Å². The number of halogens is 2. The summed E-state index contributed by atoms with van der Waals surface area (Å²) in [6.07, 6.45) is 0.819. The summed E-state index contributed by atoms with van der Waals surface area (Å²) in [5.41, 5.74) is 0.105. The molecule has 2 aromatic rings. The first-order valence-electron chi connectivity index (χ1n) is 8.76. The number of sulfonamides is 1. The Bertz CT molecular complexity index is 940. The van der Waals surface area contributed by atoms with Crippen LogP contribution in [0.5, 0.6) is 0 Å². The molecule has 152 valence electrons. The molecule has 0 spiro atoms. The van der Waals surface area contributed by atoms with E-state index >= 15 is 0 Å². The monoisotopic (exact) mass is 427 g/mol. The number of carbonyl (C=O) groups excluding carboxylic acids is 1. The van der Waals surface area contributed by atoms with Gasteiger partial charge >= 0.3 is 0 Å². The zero-order chi connectivity index (χ0) is 19.4. The summed E-state index contributed by atoms with van der Waals surface area (Å²) in [6, 6.07) is 11.3. The average Bonchev–Trinajstić information content (AvgIpc) is 2.65. The van der Waals surface area contributed by atoms with E-state index in [1.807, 2.05) is 0 Å².